The average Bonchev–Trinajstić information content (AvgIpc) is 2.33. The number of rotatable bonds is 2. The van der Waals surface area contributed by atoms with Gasteiger partial charge in [0.15, 0.2) is 5.84 Å². The maximum absolute atomic E-state index is 5.66. The number of hydrogen-bond acceptors (Lipinski definition) is 6. The van der Waals surface area contributed by atoms with Crippen molar-refractivity contribution in [1.82, 2.24) is 5.01 Å². The highest BCUT2D eigenvalue weighted by atomic mass is 16.5. The largest absolute Gasteiger partial charge is 0.368 e. The lowest BCUT2D eigenvalue weighted by molar-refractivity contribution is 0.0117. The molecule has 1 heterocycles. The Bertz CT molecular complexity index is 428. The normalized spacial score (nSPS) is 20.4. The summed E-state index contributed by atoms with van der Waals surface area (Å²) in [6, 6.07) is 9.52. The fraction of sp³-hybridized carbons (Fsp3) is 0.200. The Kier molecular flexibility index (Phi) is 2.84. The van der Waals surface area contributed by atoms with Crippen LogP contribution in [-0.2, 0) is 4.74 Å². The fourth-order valence-electron chi connectivity index (χ4n) is 1.37. The van der Waals surface area contributed by atoms with Gasteiger partial charge in [0, 0.05) is 12.7 Å². The predicted octanol–water partition coefficient (Wildman–Crippen LogP) is -0.133. The van der Waals surface area contributed by atoms with E-state index in [9.17, 15) is 0 Å². The van der Waals surface area contributed by atoms with E-state index in [2.05, 4.69) is 9.98 Å². The second-order valence-electron chi connectivity index (χ2n) is 3.26. The molecule has 1 aliphatic heterocycles. The van der Waals surface area contributed by atoms with Gasteiger partial charge in [0.1, 0.15) is 0 Å². The van der Waals surface area contributed by atoms with Crippen LogP contribution >= 0.6 is 0 Å². The van der Waals surface area contributed by atoms with Gasteiger partial charge in [-0.15, -0.1) is 0 Å². The van der Waals surface area contributed by atoms with Crippen LogP contribution in [0.25, 0.3) is 0 Å². The maximum atomic E-state index is 5.66. The molecule has 2 rings (SSSR count). The molecule has 4 N–H and O–H groups in total. The molecule has 0 bridgehead atoms. The second kappa shape index (κ2) is 4.30. The average molecular weight is 219 g/mol. The first-order valence-corrected chi connectivity index (χ1v) is 4.76. The number of nitrogens with two attached hydrogens (primary N) is 2. The van der Waals surface area contributed by atoms with Gasteiger partial charge in [-0.25, -0.2) is 15.8 Å². The van der Waals surface area contributed by atoms with Gasteiger partial charge in [-0.05, 0) is 0 Å². The van der Waals surface area contributed by atoms with E-state index < -0.39 is 6.35 Å². The topological polar surface area (TPSA) is 89.2 Å². The molecule has 0 aromatic heterocycles. The van der Waals surface area contributed by atoms with Crippen LogP contribution in [0, 0.1) is 0 Å². The number of guanidine groups is 1. The molecule has 1 aliphatic rings. The number of hydrogen-bond donors (Lipinski definition) is 2. The molecule has 1 aromatic rings. The SMILES string of the molecule is COC1N=C(c2ccccc2)N=C(N)N1N. The second-order valence-corrected chi connectivity index (χ2v) is 3.26. The van der Waals surface area contributed by atoms with E-state index in [1.54, 1.807) is 0 Å². The summed E-state index contributed by atoms with van der Waals surface area (Å²) in [5, 5.41) is 1.17. The standard InChI is InChI=1S/C10H13N5O/c1-16-10-14-8(13-9(11)15(10)12)7-5-3-2-4-6-7/h2-6,10H,12H2,1H3,(H2,11,13,14). The molecular weight excluding hydrogens is 206 g/mol. The number of benzene rings is 1. The molecule has 1 atom stereocenters. The minimum absolute atomic E-state index is 0.181. The van der Waals surface area contributed by atoms with Crippen LogP contribution in [0.4, 0.5) is 0 Å². The summed E-state index contributed by atoms with van der Waals surface area (Å²) in [5.41, 5.74) is 6.54. The van der Waals surface area contributed by atoms with Crippen molar-refractivity contribution in [3.8, 4) is 0 Å². The smallest absolute Gasteiger partial charge is 0.245 e. The van der Waals surface area contributed by atoms with E-state index in [0.29, 0.717) is 5.84 Å². The third-order valence-corrected chi connectivity index (χ3v) is 2.20. The van der Waals surface area contributed by atoms with Gasteiger partial charge in [-0.3, -0.25) is 0 Å². The summed E-state index contributed by atoms with van der Waals surface area (Å²) in [6.45, 7) is 0. The third kappa shape index (κ3) is 1.88. The van der Waals surface area contributed by atoms with Crippen LogP contribution in [0.2, 0.25) is 0 Å². The van der Waals surface area contributed by atoms with Crippen LogP contribution in [0.1, 0.15) is 5.56 Å². The van der Waals surface area contributed by atoms with Gasteiger partial charge in [0.05, 0.1) is 0 Å². The monoisotopic (exact) mass is 219 g/mol. The molecule has 16 heavy (non-hydrogen) atoms. The van der Waals surface area contributed by atoms with Gasteiger partial charge < -0.3 is 10.5 Å². The molecule has 0 saturated carbocycles. The Morgan fingerprint density at radius 2 is 2.00 bits per heavy atom. The fourth-order valence-corrected chi connectivity index (χ4v) is 1.37. The molecular formula is C10H13N5O. The Labute approximate surface area is 93.2 Å². The van der Waals surface area contributed by atoms with E-state index in [4.69, 9.17) is 16.3 Å². The minimum Gasteiger partial charge on any atom is -0.368 e. The number of methoxy groups -OCH3 is 1. The Balaban J connectivity index is 2.36. The lowest BCUT2D eigenvalue weighted by Crippen LogP contribution is -2.52. The van der Waals surface area contributed by atoms with Crippen LogP contribution < -0.4 is 11.6 Å². The van der Waals surface area contributed by atoms with Gasteiger partial charge in [-0.2, -0.15) is 4.99 Å². The maximum Gasteiger partial charge on any atom is 0.245 e. The molecule has 0 fully saturated rings. The summed E-state index contributed by atoms with van der Waals surface area (Å²) < 4.78 is 5.08. The van der Waals surface area contributed by atoms with Crippen LogP contribution in [0.15, 0.2) is 40.3 Å². The Hall–Kier alpha value is -1.92. The molecule has 1 aromatic carbocycles. The highest BCUT2D eigenvalue weighted by Gasteiger charge is 2.22. The molecule has 0 radical (unpaired) electrons. The Morgan fingerprint density at radius 1 is 1.31 bits per heavy atom. The summed E-state index contributed by atoms with van der Waals surface area (Å²) >= 11 is 0. The van der Waals surface area contributed by atoms with Gasteiger partial charge in [0.25, 0.3) is 0 Å². The summed E-state index contributed by atoms with van der Waals surface area (Å²) in [6.07, 6.45) is -0.632. The van der Waals surface area contributed by atoms with Crippen molar-refractivity contribution in [3.63, 3.8) is 0 Å². The first-order chi connectivity index (χ1) is 7.72. The van der Waals surface area contributed by atoms with Gasteiger partial charge in [0.2, 0.25) is 12.3 Å². The summed E-state index contributed by atoms with van der Waals surface area (Å²) in [4.78, 5) is 8.33. The predicted molar refractivity (Wildman–Crippen MR) is 61.4 cm³/mol. The van der Waals surface area contributed by atoms with Crippen molar-refractivity contribution in [2.75, 3.05) is 7.11 Å². The van der Waals surface area contributed by atoms with Crippen molar-refractivity contribution in [2.45, 2.75) is 6.35 Å². The highest BCUT2D eigenvalue weighted by Crippen LogP contribution is 2.10. The lowest BCUT2D eigenvalue weighted by atomic mass is 10.2. The number of ether oxygens (including phenoxy) is 1. The van der Waals surface area contributed by atoms with Gasteiger partial charge >= 0.3 is 0 Å². The first kappa shape index (κ1) is 10.6. The zero-order chi connectivity index (χ0) is 11.5. The molecule has 0 amide bonds. The van der Waals surface area contributed by atoms with Crippen LogP contribution in [0.5, 0.6) is 0 Å². The van der Waals surface area contributed by atoms with Crippen molar-refractivity contribution >= 4 is 11.8 Å². The number of amidine groups is 1. The number of hydrazine groups is 1. The lowest BCUT2D eigenvalue weighted by Gasteiger charge is -2.27. The Morgan fingerprint density at radius 3 is 2.62 bits per heavy atom. The summed E-state index contributed by atoms with van der Waals surface area (Å²) in [7, 11) is 1.51. The van der Waals surface area contributed by atoms with E-state index in [-0.39, 0.29) is 5.96 Å². The van der Waals surface area contributed by atoms with Crippen LogP contribution in [-0.4, -0.2) is 30.3 Å². The van der Waals surface area contributed by atoms with E-state index in [0.717, 1.165) is 5.56 Å². The van der Waals surface area contributed by atoms with Gasteiger partial charge in [-0.1, -0.05) is 30.3 Å². The third-order valence-electron chi connectivity index (χ3n) is 2.20. The van der Waals surface area contributed by atoms with E-state index in [1.807, 2.05) is 30.3 Å². The number of aliphatic imine (C=N–C) groups is 2. The van der Waals surface area contributed by atoms with E-state index >= 15 is 0 Å². The number of nitrogens with zero attached hydrogens (tertiary/aromatic N) is 3. The highest BCUT2D eigenvalue weighted by molar-refractivity contribution is 6.06. The van der Waals surface area contributed by atoms with Crippen molar-refractivity contribution < 1.29 is 4.74 Å². The molecule has 0 saturated heterocycles. The molecule has 6 nitrogen and oxygen atoms in total. The van der Waals surface area contributed by atoms with Crippen LogP contribution in [0.3, 0.4) is 0 Å². The minimum atomic E-state index is -0.632. The van der Waals surface area contributed by atoms with Crippen molar-refractivity contribution in [1.29, 1.82) is 0 Å². The first-order valence-electron chi connectivity index (χ1n) is 4.76. The zero-order valence-electron chi connectivity index (χ0n) is 8.87. The molecule has 0 aliphatic carbocycles. The zero-order valence-corrected chi connectivity index (χ0v) is 8.87. The summed E-state index contributed by atoms with van der Waals surface area (Å²) in [5.74, 6) is 6.32. The molecule has 6 heteroatoms. The quantitative estimate of drug-likeness (QED) is 0.678. The molecule has 1 unspecified atom stereocenters. The molecule has 0 spiro atoms. The van der Waals surface area contributed by atoms with Crippen molar-refractivity contribution in [3.05, 3.63) is 35.9 Å². The van der Waals surface area contributed by atoms with E-state index in [1.165, 1.54) is 12.1 Å². The molecule has 84 valence electrons. The van der Waals surface area contributed by atoms with Crippen molar-refractivity contribution in [2.24, 2.45) is 21.6 Å².